The van der Waals surface area contributed by atoms with Gasteiger partial charge in [0.15, 0.2) is 0 Å². The Morgan fingerprint density at radius 1 is 1.05 bits per heavy atom. The van der Waals surface area contributed by atoms with E-state index < -0.39 is 10.8 Å². The quantitative estimate of drug-likeness (QED) is 0.741. The average Bonchev–Trinajstić information content (AvgIpc) is 2.97. The van der Waals surface area contributed by atoms with Gasteiger partial charge in [0.05, 0.1) is 28.4 Å². The van der Waals surface area contributed by atoms with Crippen LogP contribution in [0.4, 0.5) is 4.39 Å². The van der Waals surface area contributed by atoms with Crippen molar-refractivity contribution in [1.29, 1.82) is 0 Å². The van der Waals surface area contributed by atoms with Crippen LogP contribution in [0.2, 0.25) is 0 Å². The number of hydrogen-bond acceptors (Lipinski definition) is 2. The van der Waals surface area contributed by atoms with Crippen molar-refractivity contribution in [3.8, 4) is 5.69 Å². The summed E-state index contributed by atoms with van der Waals surface area (Å²) in [4.78, 5) is 0.615. The van der Waals surface area contributed by atoms with Crippen LogP contribution in [0, 0.1) is 5.82 Å². The molecule has 2 aromatic carbocycles. The van der Waals surface area contributed by atoms with Gasteiger partial charge in [0.1, 0.15) is 5.82 Å². The lowest BCUT2D eigenvalue weighted by Crippen LogP contribution is -1.96. The normalized spacial score (nSPS) is 12.2. The van der Waals surface area contributed by atoms with Crippen molar-refractivity contribution >= 4 is 10.8 Å². The highest BCUT2D eigenvalue weighted by atomic mass is 32.2. The average molecular weight is 300 g/mol. The smallest absolute Gasteiger partial charge is 0.123 e. The SMILES string of the molecule is O=S(Cc1cnn(-c2ccccc2)c1)c1ccc(F)cc1. The Morgan fingerprint density at radius 3 is 2.48 bits per heavy atom. The van der Waals surface area contributed by atoms with Crippen LogP contribution in [0.3, 0.4) is 0 Å². The number of aromatic nitrogens is 2. The van der Waals surface area contributed by atoms with Gasteiger partial charge < -0.3 is 0 Å². The zero-order chi connectivity index (χ0) is 14.7. The summed E-state index contributed by atoms with van der Waals surface area (Å²) in [6.07, 6.45) is 3.56. The molecule has 1 aromatic heterocycles. The molecule has 0 saturated carbocycles. The third-order valence-electron chi connectivity index (χ3n) is 3.03. The largest absolute Gasteiger partial charge is 0.254 e. The molecule has 0 radical (unpaired) electrons. The van der Waals surface area contributed by atoms with E-state index in [-0.39, 0.29) is 5.82 Å². The van der Waals surface area contributed by atoms with E-state index in [0.717, 1.165) is 11.3 Å². The maximum atomic E-state index is 12.9. The van der Waals surface area contributed by atoms with Crippen LogP contribution in [0.1, 0.15) is 5.56 Å². The Morgan fingerprint density at radius 2 is 1.76 bits per heavy atom. The summed E-state index contributed by atoms with van der Waals surface area (Å²) in [6, 6.07) is 15.5. The fourth-order valence-corrected chi connectivity index (χ4v) is 3.04. The number of para-hydroxylation sites is 1. The van der Waals surface area contributed by atoms with Crippen LogP contribution in [-0.4, -0.2) is 14.0 Å². The third kappa shape index (κ3) is 3.25. The molecule has 21 heavy (non-hydrogen) atoms. The monoisotopic (exact) mass is 300 g/mol. The first-order valence-electron chi connectivity index (χ1n) is 6.45. The summed E-state index contributed by atoms with van der Waals surface area (Å²) >= 11 is 0. The second-order valence-electron chi connectivity index (χ2n) is 4.57. The minimum Gasteiger partial charge on any atom is -0.254 e. The highest BCUT2D eigenvalue weighted by Crippen LogP contribution is 2.14. The van der Waals surface area contributed by atoms with E-state index in [4.69, 9.17) is 0 Å². The summed E-state index contributed by atoms with van der Waals surface area (Å²) in [6.45, 7) is 0. The molecule has 3 nitrogen and oxygen atoms in total. The van der Waals surface area contributed by atoms with Gasteiger partial charge in [0.25, 0.3) is 0 Å². The van der Waals surface area contributed by atoms with Gasteiger partial charge in [-0.2, -0.15) is 5.10 Å². The fraction of sp³-hybridized carbons (Fsp3) is 0.0625. The lowest BCUT2D eigenvalue weighted by Gasteiger charge is -2.01. The Hall–Kier alpha value is -2.27. The van der Waals surface area contributed by atoms with Gasteiger partial charge in [0.2, 0.25) is 0 Å². The van der Waals surface area contributed by atoms with Gasteiger partial charge in [-0.1, -0.05) is 18.2 Å². The molecule has 0 aliphatic rings. The molecular formula is C16H13FN2OS. The maximum absolute atomic E-state index is 12.9. The summed E-state index contributed by atoms with van der Waals surface area (Å²) in [5, 5.41) is 4.27. The Labute approximate surface area is 124 Å². The summed E-state index contributed by atoms with van der Waals surface area (Å²) in [5.74, 6) is 0.0333. The lowest BCUT2D eigenvalue weighted by atomic mass is 10.3. The first-order valence-corrected chi connectivity index (χ1v) is 7.77. The van der Waals surface area contributed by atoms with E-state index in [1.165, 1.54) is 12.1 Å². The Kier molecular flexibility index (Phi) is 3.92. The molecule has 0 spiro atoms. The van der Waals surface area contributed by atoms with Gasteiger partial charge in [0, 0.05) is 16.7 Å². The van der Waals surface area contributed by atoms with Crippen LogP contribution in [0.5, 0.6) is 0 Å². The van der Waals surface area contributed by atoms with E-state index in [0.29, 0.717) is 10.6 Å². The predicted molar refractivity (Wildman–Crippen MR) is 80.1 cm³/mol. The number of halogens is 1. The molecule has 1 unspecified atom stereocenters. The van der Waals surface area contributed by atoms with Crippen LogP contribution < -0.4 is 0 Å². The Balaban J connectivity index is 1.75. The molecule has 1 heterocycles. The molecular weight excluding hydrogens is 287 g/mol. The zero-order valence-corrected chi connectivity index (χ0v) is 12.0. The van der Waals surface area contributed by atoms with E-state index in [1.54, 1.807) is 23.0 Å². The lowest BCUT2D eigenvalue weighted by molar-refractivity contribution is 0.626. The second-order valence-corrected chi connectivity index (χ2v) is 6.02. The molecule has 0 aliphatic carbocycles. The highest BCUT2D eigenvalue weighted by molar-refractivity contribution is 7.84. The molecule has 0 saturated heterocycles. The van der Waals surface area contributed by atoms with E-state index in [2.05, 4.69) is 5.10 Å². The van der Waals surface area contributed by atoms with Crippen LogP contribution in [0.25, 0.3) is 5.69 Å². The third-order valence-corrected chi connectivity index (χ3v) is 4.42. The van der Waals surface area contributed by atoms with Crippen molar-refractivity contribution in [2.24, 2.45) is 0 Å². The van der Waals surface area contributed by atoms with E-state index >= 15 is 0 Å². The fourth-order valence-electron chi connectivity index (χ4n) is 1.98. The van der Waals surface area contributed by atoms with Crippen LogP contribution in [-0.2, 0) is 16.6 Å². The first kappa shape index (κ1) is 13.7. The van der Waals surface area contributed by atoms with E-state index in [1.807, 2.05) is 36.5 Å². The molecule has 0 bridgehead atoms. The minimum atomic E-state index is -1.21. The van der Waals surface area contributed by atoms with Gasteiger partial charge in [-0.3, -0.25) is 4.21 Å². The van der Waals surface area contributed by atoms with Gasteiger partial charge >= 0.3 is 0 Å². The first-order chi connectivity index (χ1) is 10.2. The topological polar surface area (TPSA) is 34.9 Å². The summed E-state index contributed by atoms with van der Waals surface area (Å²) < 4.78 is 26.8. The molecule has 0 N–H and O–H groups in total. The zero-order valence-electron chi connectivity index (χ0n) is 11.1. The van der Waals surface area contributed by atoms with Crippen molar-refractivity contribution in [3.05, 3.63) is 78.4 Å². The molecule has 5 heteroatoms. The molecule has 106 valence electrons. The van der Waals surface area contributed by atoms with Crippen molar-refractivity contribution in [3.63, 3.8) is 0 Å². The maximum Gasteiger partial charge on any atom is 0.123 e. The van der Waals surface area contributed by atoms with Gasteiger partial charge in [-0.25, -0.2) is 9.07 Å². The summed E-state index contributed by atoms with van der Waals surface area (Å²) in [7, 11) is -1.21. The molecule has 0 aliphatic heterocycles. The number of nitrogens with zero attached hydrogens (tertiary/aromatic N) is 2. The minimum absolute atomic E-state index is 0.326. The molecule has 3 aromatic rings. The standard InChI is InChI=1S/C16H13FN2OS/c17-14-6-8-16(9-7-14)21(20)12-13-10-18-19(11-13)15-4-2-1-3-5-15/h1-11H,12H2. The van der Waals surface area contributed by atoms with Gasteiger partial charge in [-0.15, -0.1) is 0 Å². The number of rotatable bonds is 4. The summed E-state index contributed by atoms with van der Waals surface area (Å²) in [5.41, 5.74) is 1.83. The number of hydrogen-bond donors (Lipinski definition) is 0. The van der Waals surface area contributed by atoms with Crippen molar-refractivity contribution in [1.82, 2.24) is 9.78 Å². The molecule has 1 atom stereocenters. The predicted octanol–water partition coefficient (Wildman–Crippen LogP) is 3.32. The van der Waals surface area contributed by atoms with Crippen molar-refractivity contribution in [2.75, 3.05) is 0 Å². The van der Waals surface area contributed by atoms with Crippen molar-refractivity contribution < 1.29 is 8.60 Å². The number of benzene rings is 2. The van der Waals surface area contributed by atoms with Gasteiger partial charge in [-0.05, 0) is 36.4 Å². The van der Waals surface area contributed by atoms with Crippen molar-refractivity contribution in [2.45, 2.75) is 10.6 Å². The molecule has 3 rings (SSSR count). The Bertz CT molecular complexity index is 753. The van der Waals surface area contributed by atoms with E-state index in [9.17, 15) is 8.60 Å². The molecule has 0 fully saturated rings. The van der Waals surface area contributed by atoms with Crippen LogP contribution >= 0.6 is 0 Å². The second kappa shape index (κ2) is 6.01. The highest BCUT2D eigenvalue weighted by Gasteiger charge is 2.08. The van der Waals surface area contributed by atoms with Crippen LogP contribution in [0.15, 0.2) is 71.9 Å². The molecule has 0 amide bonds.